The van der Waals surface area contributed by atoms with Gasteiger partial charge in [-0.05, 0) is 19.3 Å². The summed E-state index contributed by atoms with van der Waals surface area (Å²) >= 11 is 0. The number of ether oxygens (including phenoxy) is 1. The van der Waals surface area contributed by atoms with Crippen molar-refractivity contribution in [3.8, 4) is 0 Å². The Morgan fingerprint density at radius 3 is 2.52 bits per heavy atom. The normalized spacial score (nSPS) is 23.4. The molecular formula is C15H31IN4O. The molecule has 2 rings (SSSR count). The highest BCUT2D eigenvalue weighted by atomic mass is 127. The Kier molecular flexibility index (Phi) is 8.89. The van der Waals surface area contributed by atoms with E-state index in [0.29, 0.717) is 5.96 Å². The van der Waals surface area contributed by atoms with Crippen molar-refractivity contribution >= 4 is 29.9 Å². The van der Waals surface area contributed by atoms with Crippen molar-refractivity contribution in [1.82, 2.24) is 10.2 Å². The molecule has 0 amide bonds. The second-order valence-corrected chi connectivity index (χ2v) is 6.01. The number of aliphatic imine (C=N–C) groups is 1. The molecule has 1 aliphatic heterocycles. The molecule has 2 aliphatic rings. The lowest BCUT2D eigenvalue weighted by atomic mass is 9.80. The van der Waals surface area contributed by atoms with E-state index >= 15 is 0 Å². The first-order valence-corrected chi connectivity index (χ1v) is 8.13. The molecule has 5 nitrogen and oxygen atoms in total. The van der Waals surface area contributed by atoms with E-state index in [1.807, 2.05) is 0 Å². The van der Waals surface area contributed by atoms with Gasteiger partial charge in [-0.25, -0.2) is 0 Å². The number of nitrogens with one attached hydrogen (secondary N) is 1. The number of nitrogens with two attached hydrogens (primary N) is 1. The van der Waals surface area contributed by atoms with E-state index in [2.05, 4.69) is 22.1 Å². The molecular weight excluding hydrogens is 379 g/mol. The summed E-state index contributed by atoms with van der Waals surface area (Å²) in [6, 6.07) is 0. The number of morpholine rings is 1. The first-order chi connectivity index (χ1) is 9.77. The zero-order chi connectivity index (χ0) is 14.3. The van der Waals surface area contributed by atoms with Crippen LogP contribution in [-0.2, 0) is 4.74 Å². The van der Waals surface area contributed by atoms with Gasteiger partial charge < -0.3 is 15.8 Å². The van der Waals surface area contributed by atoms with Crippen LogP contribution in [-0.4, -0.2) is 55.8 Å². The van der Waals surface area contributed by atoms with Crippen molar-refractivity contribution in [3.63, 3.8) is 0 Å². The van der Waals surface area contributed by atoms with Crippen LogP contribution in [0.1, 0.15) is 45.4 Å². The number of hydrogen-bond acceptors (Lipinski definition) is 3. The topological polar surface area (TPSA) is 62.9 Å². The van der Waals surface area contributed by atoms with Crippen molar-refractivity contribution in [2.24, 2.45) is 10.7 Å². The maximum Gasteiger partial charge on any atom is 0.188 e. The van der Waals surface area contributed by atoms with Gasteiger partial charge in [0.2, 0.25) is 0 Å². The van der Waals surface area contributed by atoms with Gasteiger partial charge in [0.1, 0.15) is 0 Å². The van der Waals surface area contributed by atoms with E-state index in [-0.39, 0.29) is 29.5 Å². The number of nitrogens with zero attached hydrogens (tertiary/aromatic N) is 2. The van der Waals surface area contributed by atoms with Crippen LogP contribution in [0.3, 0.4) is 0 Å². The number of hydrogen-bond donors (Lipinski definition) is 2. The molecule has 3 N–H and O–H groups in total. The summed E-state index contributed by atoms with van der Waals surface area (Å²) in [6.45, 7) is 7.66. The zero-order valence-electron chi connectivity index (χ0n) is 13.3. The van der Waals surface area contributed by atoms with Crippen LogP contribution in [0.4, 0.5) is 0 Å². The minimum Gasteiger partial charge on any atom is -0.379 e. The summed E-state index contributed by atoms with van der Waals surface area (Å²) in [5.41, 5.74) is 6.18. The molecule has 1 aliphatic carbocycles. The number of rotatable bonds is 5. The van der Waals surface area contributed by atoms with Gasteiger partial charge in [-0.2, -0.15) is 0 Å². The predicted octanol–water partition coefficient (Wildman–Crippen LogP) is 1.95. The molecule has 0 bridgehead atoms. The highest BCUT2D eigenvalue weighted by Crippen LogP contribution is 2.34. The highest BCUT2D eigenvalue weighted by Gasteiger charge is 2.38. The maximum absolute atomic E-state index is 5.96. The van der Waals surface area contributed by atoms with Gasteiger partial charge in [-0.3, -0.25) is 9.89 Å². The predicted molar refractivity (Wildman–Crippen MR) is 98.4 cm³/mol. The van der Waals surface area contributed by atoms with E-state index < -0.39 is 0 Å². The smallest absolute Gasteiger partial charge is 0.188 e. The van der Waals surface area contributed by atoms with Gasteiger partial charge in [-0.1, -0.05) is 26.2 Å². The van der Waals surface area contributed by atoms with Crippen molar-refractivity contribution in [2.75, 3.05) is 39.4 Å². The zero-order valence-corrected chi connectivity index (χ0v) is 15.6. The number of halogens is 1. The van der Waals surface area contributed by atoms with Crippen LogP contribution in [0.2, 0.25) is 0 Å². The maximum atomic E-state index is 5.96. The molecule has 0 radical (unpaired) electrons. The summed E-state index contributed by atoms with van der Waals surface area (Å²) in [4.78, 5) is 7.24. The van der Waals surface area contributed by atoms with Crippen LogP contribution in [0.25, 0.3) is 0 Å². The van der Waals surface area contributed by atoms with Crippen LogP contribution in [0.5, 0.6) is 0 Å². The molecule has 1 saturated heterocycles. The van der Waals surface area contributed by atoms with Crippen LogP contribution in [0, 0.1) is 0 Å². The Labute approximate surface area is 146 Å². The molecule has 0 spiro atoms. The standard InChI is InChI=1S/C15H30N4O.HI/c1-2-8-17-14(16)18-13-15(6-4-3-5-7-15)19-9-11-20-12-10-19;/h2-13H2,1H3,(H3,16,17,18);1H. The first kappa shape index (κ1) is 19.0. The Bertz CT molecular complexity index is 313. The van der Waals surface area contributed by atoms with E-state index in [1.165, 1.54) is 32.1 Å². The van der Waals surface area contributed by atoms with Gasteiger partial charge in [0.05, 0.1) is 19.8 Å². The van der Waals surface area contributed by atoms with Crippen LogP contribution in [0.15, 0.2) is 4.99 Å². The first-order valence-electron chi connectivity index (χ1n) is 8.13. The summed E-state index contributed by atoms with van der Waals surface area (Å²) in [5.74, 6) is 0.602. The summed E-state index contributed by atoms with van der Waals surface area (Å²) in [5, 5.41) is 3.18. The third-order valence-electron chi connectivity index (χ3n) is 4.57. The summed E-state index contributed by atoms with van der Waals surface area (Å²) in [6.07, 6.45) is 7.56. The lowest BCUT2D eigenvalue weighted by Gasteiger charge is -2.47. The van der Waals surface area contributed by atoms with Crippen LogP contribution < -0.4 is 11.1 Å². The Morgan fingerprint density at radius 2 is 1.90 bits per heavy atom. The SMILES string of the molecule is CCCNC(N)=NCC1(N2CCOCC2)CCCCC1.I. The van der Waals surface area contributed by atoms with E-state index in [1.54, 1.807) is 0 Å². The molecule has 0 atom stereocenters. The fourth-order valence-electron chi connectivity index (χ4n) is 3.36. The van der Waals surface area contributed by atoms with Crippen LogP contribution >= 0.6 is 24.0 Å². The van der Waals surface area contributed by atoms with Crippen molar-refractivity contribution < 1.29 is 4.74 Å². The molecule has 1 saturated carbocycles. The van der Waals surface area contributed by atoms with Gasteiger partial charge in [0.15, 0.2) is 5.96 Å². The van der Waals surface area contributed by atoms with Gasteiger partial charge in [-0.15, -0.1) is 24.0 Å². The monoisotopic (exact) mass is 410 g/mol. The highest BCUT2D eigenvalue weighted by molar-refractivity contribution is 14.0. The minimum absolute atomic E-state index is 0. The number of guanidine groups is 1. The molecule has 124 valence electrons. The van der Waals surface area contributed by atoms with Crippen molar-refractivity contribution in [3.05, 3.63) is 0 Å². The molecule has 2 fully saturated rings. The summed E-state index contributed by atoms with van der Waals surface area (Å²) in [7, 11) is 0. The average molecular weight is 410 g/mol. The van der Waals surface area contributed by atoms with Crippen molar-refractivity contribution in [1.29, 1.82) is 0 Å². The molecule has 0 aromatic carbocycles. The molecule has 6 heteroatoms. The molecule has 21 heavy (non-hydrogen) atoms. The Morgan fingerprint density at radius 1 is 1.24 bits per heavy atom. The van der Waals surface area contributed by atoms with E-state index in [0.717, 1.165) is 45.8 Å². The molecule has 0 aromatic rings. The largest absolute Gasteiger partial charge is 0.379 e. The average Bonchev–Trinajstić information content (AvgIpc) is 2.52. The van der Waals surface area contributed by atoms with Gasteiger partial charge in [0, 0.05) is 25.2 Å². The Hall–Kier alpha value is -0.0800. The fourth-order valence-corrected chi connectivity index (χ4v) is 3.36. The lowest BCUT2D eigenvalue weighted by Crippen LogP contribution is -2.56. The van der Waals surface area contributed by atoms with Gasteiger partial charge in [0.25, 0.3) is 0 Å². The minimum atomic E-state index is 0. The fraction of sp³-hybridized carbons (Fsp3) is 0.933. The lowest BCUT2D eigenvalue weighted by molar-refractivity contribution is -0.0333. The van der Waals surface area contributed by atoms with E-state index in [9.17, 15) is 0 Å². The Balaban J connectivity index is 0.00000220. The molecule has 0 aromatic heterocycles. The second kappa shape index (κ2) is 9.84. The summed E-state index contributed by atoms with van der Waals surface area (Å²) < 4.78 is 5.50. The second-order valence-electron chi connectivity index (χ2n) is 6.01. The quantitative estimate of drug-likeness (QED) is 0.413. The van der Waals surface area contributed by atoms with Gasteiger partial charge >= 0.3 is 0 Å². The molecule has 0 unspecified atom stereocenters. The van der Waals surface area contributed by atoms with Crippen molar-refractivity contribution in [2.45, 2.75) is 51.0 Å². The van der Waals surface area contributed by atoms with E-state index in [4.69, 9.17) is 10.5 Å². The molecule has 1 heterocycles. The third-order valence-corrected chi connectivity index (χ3v) is 4.57. The third kappa shape index (κ3) is 5.56.